The van der Waals surface area contributed by atoms with Gasteiger partial charge in [-0.1, -0.05) is 38.1 Å². The average Bonchev–Trinajstić information content (AvgIpc) is 3.21. The third-order valence-corrected chi connectivity index (χ3v) is 3.76. The standard InChI is InChI=1S/C17H26N2O/c1-12(2)11-13-3-5-14(6-4-13)17(15-7-8-15)19-16(20)9-10-18/h3-6,12,15,17H,7-11,18H2,1-2H3,(H,19,20). The van der Waals surface area contributed by atoms with Crippen LogP contribution >= 0.6 is 0 Å². The first-order valence-corrected chi connectivity index (χ1v) is 7.68. The van der Waals surface area contributed by atoms with E-state index in [1.165, 1.54) is 24.0 Å². The maximum absolute atomic E-state index is 11.8. The summed E-state index contributed by atoms with van der Waals surface area (Å²) in [5.41, 5.74) is 8.04. The van der Waals surface area contributed by atoms with Gasteiger partial charge in [-0.3, -0.25) is 4.79 Å². The number of benzene rings is 1. The molecule has 1 aliphatic rings. The Kier molecular flexibility index (Phi) is 5.18. The van der Waals surface area contributed by atoms with Crippen LogP contribution in [-0.4, -0.2) is 12.5 Å². The Hall–Kier alpha value is -1.35. The van der Waals surface area contributed by atoms with Crippen molar-refractivity contribution in [3.05, 3.63) is 35.4 Å². The second kappa shape index (κ2) is 6.89. The topological polar surface area (TPSA) is 55.1 Å². The minimum absolute atomic E-state index is 0.0654. The normalized spacial score (nSPS) is 16.2. The van der Waals surface area contributed by atoms with Crippen LogP contribution in [0.1, 0.15) is 50.3 Å². The number of nitrogens with two attached hydrogens (primary N) is 1. The summed E-state index contributed by atoms with van der Waals surface area (Å²) in [6.45, 7) is 4.87. The van der Waals surface area contributed by atoms with Gasteiger partial charge in [-0.25, -0.2) is 0 Å². The molecular formula is C17H26N2O. The van der Waals surface area contributed by atoms with Crippen molar-refractivity contribution in [3.63, 3.8) is 0 Å². The lowest BCUT2D eigenvalue weighted by molar-refractivity contribution is -0.121. The first kappa shape index (κ1) is 15.0. The monoisotopic (exact) mass is 274 g/mol. The fraction of sp³-hybridized carbons (Fsp3) is 0.588. The molecule has 2 rings (SSSR count). The van der Waals surface area contributed by atoms with E-state index in [2.05, 4.69) is 43.4 Å². The fourth-order valence-electron chi connectivity index (χ4n) is 2.61. The zero-order chi connectivity index (χ0) is 14.5. The lowest BCUT2D eigenvalue weighted by Crippen LogP contribution is -2.31. The van der Waals surface area contributed by atoms with Crippen LogP contribution in [0.15, 0.2) is 24.3 Å². The Morgan fingerprint density at radius 1 is 1.30 bits per heavy atom. The minimum Gasteiger partial charge on any atom is -0.349 e. The zero-order valence-corrected chi connectivity index (χ0v) is 12.6. The summed E-state index contributed by atoms with van der Waals surface area (Å²) in [4.78, 5) is 11.8. The van der Waals surface area contributed by atoms with Gasteiger partial charge in [0.2, 0.25) is 5.91 Å². The molecule has 0 saturated heterocycles. The minimum atomic E-state index is 0.0654. The summed E-state index contributed by atoms with van der Waals surface area (Å²) in [5.74, 6) is 1.34. The average molecular weight is 274 g/mol. The van der Waals surface area contributed by atoms with Gasteiger partial charge in [0, 0.05) is 13.0 Å². The molecule has 1 fully saturated rings. The van der Waals surface area contributed by atoms with Crippen LogP contribution in [-0.2, 0) is 11.2 Å². The Labute approximate surface area is 121 Å². The van der Waals surface area contributed by atoms with Crippen molar-refractivity contribution in [2.75, 3.05) is 6.54 Å². The lowest BCUT2D eigenvalue weighted by Gasteiger charge is -2.19. The summed E-state index contributed by atoms with van der Waals surface area (Å²) >= 11 is 0. The molecule has 0 radical (unpaired) electrons. The summed E-state index contributed by atoms with van der Waals surface area (Å²) in [7, 11) is 0. The SMILES string of the molecule is CC(C)Cc1ccc(C(NC(=O)CCN)C2CC2)cc1. The van der Waals surface area contributed by atoms with Crippen LogP contribution in [0.3, 0.4) is 0 Å². The molecular weight excluding hydrogens is 248 g/mol. The lowest BCUT2D eigenvalue weighted by atomic mass is 9.97. The van der Waals surface area contributed by atoms with Gasteiger partial charge < -0.3 is 11.1 Å². The molecule has 3 nitrogen and oxygen atoms in total. The number of hydrogen-bond donors (Lipinski definition) is 2. The molecule has 1 atom stereocenters. The molecule has 3 N–H and O–H groups in total. The van der Waals surface area contributed by atoms with E-state index in [0.717, 1.165) is 6.42 Å². The fourth-order valence-corrected chi connectivity index (χ4v) is 2.61. The van der Waals surface area contributed by atoms with E-state index in [-0.39, 0.29) is 11.9 Å². The van der Waals surface area contributed by atoms with Gasteiger partial charge in [0.1, 0.15) is 0 Å². The molecule has 1 unspecified atom stereocenters. The van der Waals surface area contributed by atoms with Crippen LogP contribution in [0.4, 0.5) is 0 Å². The van der Waals surface area contributed by atoms with Crippen molar-refractivity contribution >= 4 is 5.91 Å². The van der Waals surface area contributed by atoms with E-state index in [1.807, 2.05) is 0 Å². The third kappa shape index (κ3) is 4.34. The van der Waals surface area contributed by atoms with Crippen molar-refractivity contribution in [2.24, 2.45) is 17.6 Å². The number of carbonyl (C=O) groups is 1. The number of amides is 1. The molecule has 0 aliphatic heterocycles. The van der Waals surface area contributed by atoms with Gasteiger partial charge >= 0.3 is 0 Å². The van der Waals surface area contributed by atoms with Crippen LogP contribution < -0.4 is 11.1 Å². The maximum Gasteiger partial charge on any atom is 0.221 e. The Morgan fingerprint density at radius 3 is 2.45 bits per heavy atom. The highest BCUT2D eigenvalue weighted by Gasteiger charge is 2.33. The van der Waals surface area contributed by atoms with E-state index < -0.39 is 0 Å². The largest absolute Gasteiger partial charge is 0.349 e. The van der Waals surface area contributed by atoms with E-state index in [4.69, 9.17) is 5.73 Å². The molecule has 0 heterocycles. The van der Waals surface area contributed by atoms with Crippen molar-refractivity contribution < 1.29 is 4.79 Å². The first-order chi connectivity index (χ1) is 9.60. The van der Waals surface area contributed by atoms with E-state index in [0.29, 0.717) is 24.8 Å². The summed E-state index contributed by atoms with van der Waals surface area (Å²) in [6, 6.07) is 8.90. The van der Waals surface area contributed by atoms with Crippen molar-refractivity contribution in [2.45, 2.75) is 45.6 Å². The van der Waals surface area contributed by atoms with Crippen LogP contribution in [0.5, 0.6) is 0 Å². The Morgan fingerprint density at radius 2 is 1.95 bits per heavy atom. The second-order valence-electron chi connectivity index (χ2n) is 6.26. The molecule has 1 aliphatic carbocycles. The van der Waals surface area contributed by atoms with Crippen LogP contribution in [0.25, 0.3) is 0 Å². The Balaban J connectivity index is 2.03. The van der Waals surface area contributed by atoms with Crippen molar-refractivity contribution in [3.8, 4) is 0 Å². The van der Waals surface area contributed by atoms with Gasteiger partial charge in [-0.2, -0.15) is 0 Å². The molecule has 1 aromatic rings. The predicted octanol–water partition coefficient (Wildman–Crippen LogP) is 2.80. The molecule has 0 spiro atoms. The smallest absolute Gasteiger partial charge is 0.221 e. The van der Waals surface area contributed by atoms with E-state index in [1.54, 1.807) is 0 Å². The van der Waals surface area contributed by atoms with Crippen LogP contribution in [0, 0.1) is 11.8 Å². The summed E-state index contributed by atoms with van der Waals surface area (Å²) < 4.78 is 0. The molecule has 1 saturated carbocycles. The third-order valence-electron chi connectivity index (χ3n) is 3.76. The highest BCUT2D eigenvalue weighted by atomic mass is 16.1. The summed E-state index contributed by atoms with van der Waals surface area (Å²) in [5, 5.41) is 3.14. The number of nitrogens with one attached hydrogen (secondary N) is 1. The summed E-state index contributed by atoms with van der Waals surface area (Å²) in [6.07, 6.45) is 3.94. The molecule has 20 heavy (non-hydrogen) atoms. The maximum atomic E-state index is 11.8. The van der Waals surface area contributed by atoms with Crippen LogP contribution in [0.2, 0.25) is 0 Å². The van der Waals surface area contributed by atoms with Gasteiger partial charge in [0.15, 0.2) is 0 Å². The van der Waals surface area contributed by atoms with E-state index in [9.17, 15) is 4.79 Å². The number of carbonyl (C=O) groups excluding carboxylic acids is 1. The molecule has 0 bridgehead atoms. The van der Waals surface area contributed by atoms with Gasteiger partial charge in [0.25, 0.3) is 0 Å². The molecule has 3 heteroatoms. The zero-order valence-electron chi connectivity index (χ0n) is 12.6. The highest BCUT2D eigenvalue weighted by Crippen LogP contribution is 2.41. The number of hydrogen-bond acceptors (Lipinski definition) is 2. The van der Waals surface area contributed by atoms with Crippen molar-refractivity contribution in [1.82, 2.24) is 5.32 Å². The number of rotatable bonds is 7. The second-order valence-corrected chi connectivity index (χ2v) is 6.26. The van der Waals surface area contributed by atoms with Gasteiger partial charge in [-0.15, -0.1) is 0 Å². The molecule has 1 amide bonds. The quantitative estimate of drug-likeness (QED) is 0.803. The molecule has 110 valence electrons. The molecule has 0 aromatic heterocycles. The highest BCUT2D eigenvalue weighted by molar-refractivity contribution is 5.76. The first-order valence-electron chi connectivity index (χ1n) is 7.68. The predicted molar refractivity (Wildman–Crippen MR) is 82.3 cm³/mol. The van der Waals surface area contributed by atoms with Gasteiger partial charge in [0.05, 0.1) is 6.04 Å². The molecule has 1 aromatic carbocycles. The van der Waals surface area contributed by atoms with Gasteiger partial charge in [-0.05, 0) is 42.2 Å². The van der Waals surface area contributed by atoms with E-state index >= 15 is 0 Å². The van der Waals surface area contributed by atoms with Crippen molar-refractivity contribution in [1.29, 1.82) is 0 Å². The Bertz CT molecular complexity index is 435.